The van der Waals surface area contributed by atoms with Crippen LogP contribution in [0.15, 0.2) is 24.3 Å². The van der Waals surface area contributed by atoms with E-state index in [2.05, 4.69) is 0 Å². The van der Waals surface area contributed by atoms with Gasteiger partial charge in [0, 0.05) is 0 Å². The number of hydrogen-bond donors (Lipinski definition) is 3. The molecule has 4 N–H and O–H groups in total. The first-order valence-electron chi connectivity index (χ1n) is 7.70. The molecule has 22 heavy (non-hydrogen) atoms. The number of methoxy groups -OCH3 is 1. The van der Waals surface area contributed by atoms with Gasteiger partial charge in [-0.15, -0.1) is 0 Å². The van der Waals surface area contributed by atoms with Gasteiger partial charge in [-0.25, -0.2) is 0 Å². The lowest BCUT2D eigenvalue weighted by atomic mass is 10.2. The first-order valence-corrected chi connectivity index (χ1v) is 7.70. The molecule has 1 rings (SSSR count). The fraction of sp³-hybridized carbons (Fsp3) is 0.529. The van der Waals surface area contributed by atoms with Crippen LogP contribution in [0, 0.1) is 0 Å². The number of ether oxygens (including phenoxy) is 2. The van der Waals surface area contributed by atoms with Gasteiger partial charge >= 0.3 is 0 Å². The summed E-state index contributed by atoms with van der Waals surface area (Å²) in [6.45, 7) is 4.77. The lowest BCUT2D eigenvalue weighted by Crippen LogP contribution is -2.92. The van der Waals surface area contributed by atoms with E-state index in [1.807, 2.05) is 49.5 Å². The Morgan fingerprint density at radius 1 is 1.32 bits per heavy atom. The Labute approximate surface area is 132 Å². The zero-order chi connectivity index (χ0) is 16.4. The summed E-state index contributed by atoms with van der Waals surface area (Å²) in [4.78, 5) is 0. The summed E-state index contributed by atoms with van der Waals surface area (Å²) in [6.07, 6.45) is 4.21. The van der Waals surface area contributed by atoms with E-state index >= 15 is 0 Å². The van der Waals surface area contributed by atoms with Crippen LogP contribution < -0.4 is 14.8 Å². The summed E-state index contributed by atoms with van der Waals surface area (Å²) in [5.74, 6) is 1.26. The van der Waals surface area contributed by atoms with Crippen molar-refractivity contribution in [1.82, 2.24) is 0 Å². The lowest BCUT2D eigenvalue weighted by molar-refractivity contribution is -0.696. The smallest absolute Gasteiger partial charge is 0.161 e. The fourth-order valence-electron chi connectivity index (χ4n) is 2.07. The van der Waals surface area contributed by atoms with Gasteiger partial charge in [-0.2, -0.15) is 0 Å². The van der Waals surface area contributed by atoms with Crippen molar-refractivity contribution in [3.05, 3.63) is 29.8 Å². The molecule has 1 aromatic carbocycles. The molecule has 0 unspecified atom stereocenters. The molecule has 0 amide bonds. The van der Waals surface area contributed by atoms with Gasteiger partial charge in [0.1, 0.15) is 25.3 Å². The lowest BCUT2D eigenvalue weighted by Gasteiger charge is -2.16. The standard InChI is InChI=1S/C17H27NO4/c1-4-6-13-7-8-16(17(9-13)21-3)22-12-15(20)10-18-14(5-2)11-19/h4,6-9,14-15,18-20H,5,10-12H2,1-3H3/p+1/b6-4+/t14-,15+/m0/s1. The molecule has 0 radical (unpaired) electrons. The van der Waals surface area contributed by atoms with Crippen molar-refractivity contribution < 1.29 is 25.0 Å². The van der Waals surface area contributed by atoms with Crippen LogP contribution in [0.5, 0.6) is 11.5 Å². The normalized spacial score (nSPS) is 14.0. The number of nitrogens with two attached hydrogens (primary N) is 1. The van der Waals surface area contributed by atoms with Gasteiger partial charge in [0.25, 0.3) is 0 Å². The summed E-state index contributed by atoms with van der Waals surface area (Å²) in [6, 6.07) is 5.80. The van der Waals surface area contributed by atoms with Crippen LogP contribution in [0.2, 0.25) is 0 Å². The van der Waals surface area contributed by atoms with Crippen LogP contribution in [0.4, 0.5) is 0 Å². The quantitative estimate of drug-likeness (QED) is 0.597. The molecule has 0 aromatic heterocycles. The third-order valence-electron chi connectivity index (χ3n) is 3.48. The molecule has 0 aliphatic heterocycles. The molecule has 5 nitrogen and oxygen atoms in total. The van der Waals surface area contributed by atoms with E-state index in [-0.39, 0.29) is 19.3 Å². The molecule has 0 heterocycles. The van der Waals surface area contributed by atoms with Gasteiger partial charge in [-0.3, -0.25) is 0 Å². The minimum atomic E-state index is -0.597. The number of allylic oxidation sites excluding steroid dienone is 1. The molecule has 0 bridgehead atoms. The first kappa shape index (κ1) is 18.5. The van der Waals surface area contributed by atoms with E-state index in [1.165, 1.54) is 0 Å². The largest absolute Gasteiger partial charge is 0.493 e. The number of quaternary nitrogens is 1. The van der Waals surface area contributed by atoms with Crippen LogP contribution in [-0.4, -0.2) is 49.2 Å². The van der Waals surface area contributed by atoms with E-state index in [0.29, 0.717) is 18.0 Å². The average molecular weight is 310 g/mol. The number of rotatable bonds is 10. The molecule has 0 spiro atoms. The predicted molar refractivity (Wildman–Crippen MR) is 87.2 cm³/mol. The minimum Gasteiger partial charge on any atom is -0.493 e. The maximum absolute atomic E-state index is 9.96. The van der Waals surface area contributed by atoms with Crippen molar-refractivity contribution in [2.45, 2.75) is 32.4 Å². The maximum atomic E-state index is 9.96. The number of benzene rings is 1. The highest BCUT2D eigenvalue weighted by Crippen LogP contribution is 2.28. The van der Waals surface area contributed by atoms with Crippen molar-refractivity contribution in [3.63, 3.8) is 0 Å². The third-order valence-corrected chi connectivity index (χ3v) is 3.48. The van der Waals surface area contributed by atoms with Crippen LogP contribution >= 0.6 is 0 Å². The van der Waals surface area contributed by atoms with Gasteiger partial charge in [-0.1, -0.05) is 25.1 Å². The highest BCUT2D eigenvalue weighted by Gasteiger charge is 2.14. The second-order valence-electron chi connectivity index (χ2n) is 5.20. The van der Waals surface area contributed by atoms with Crippen LogP contribution in [0.1, 0.15) is 25.8 Å². The Kier molecular flexibility index (Phi) is 8.58. The zero-order valence-corrected chi connectivity index (χ0v) is 13.7. The number of aliphatic hydroxyl groups is 2. The molecule has 0 saturated carbocycles. The molecule has 5 heteroatoms. The Bertz CT molecular complexity index is 458. The van der Waals surface area contributed by atoms with E-state index in [0.717, 1.165) is 12.0 Å². The second-order valence-corrected chi connectivity index (χ2v) is 5.20. The number of aliphatic hydroxyl groups excluding tert-OH is 2. The minimum absolute atomic E-state index is 0.115. The van der Waals surface area contributed by atoms with Crippen molar-refractivity contribution in [3.8, 4) is 11.5 Å². The summed E-state index contributed by atoms with van der Waals surface area (Å²) in [5.41, 5.74) is 1.04. The summed E-state index contributed by atoms with van der Waals surface area (Å²) in [7, 11) is 1.60. The van der Waals surface area contributed by atoms with Gasteiger partial charge < -0.3 is 25.0 Å². The molecule has 124 valence electrons. The highest BCUT2D eigenvalue weighted by atomic mass is 16.5. The molecule has 1 aromatic rings. The molecular weight excluding hydrogens is 282 g/mol. The molecule has 0 aliphatic rings. The average Bonchev–Trinajstić information content (AvgIpc) is 2.54. The van der Waals surface area contributed by atoms with E-state index < -0.39 is 6.10 Å². The van der Waals surface area contributed by atoms with Crippen molar-refractivity contribution >= 4 is 6.08 Å². The first-order chi connectivity index (χ1) is 10.6. The predicted octanol–water partition coefficient (Wildman–Crippen LogP) is 0.802. The van der Waals surface area contributed by atoms with Crippen LogP contribution in [-0.2, 0) is 0 Å². The fourth-order valence-corrected chi connectivity index (χ4v) is 2.07. The van der Waals surface area contributed by atoms with Gasteiger partial charge in [0.05, 0.1) is 13.7 Å². The maximum Gasteiger partial charge on any atom is 0.161 e. The van der Waals surface area contributed by atoms with Crippen molar-refractivity contribution in [1.29, 1.82) is 0 Å². The number of hydrogen-bond acceptors (Lipinski definition) is 4. The van der Waals surface area contributed by atoms with Crippen LogP contribution in [0.25, 0.3) is 6.08 Å². The Morgan fingerprint density at radius 2 is 2.09 bits per heavy atom. The Balaban J connectivity index is 2.52. The SMILES string of the molecule is C/C=C/c1ccc(OC[C@H](O)C[NH2+][C@@H](CC)CO)c(OC)c1. The van der Waals surface area contributed by atoms with Gasteiger partial charge in [-0.05, 0) is 31.0 Å². The van der Waals surface area contributed by atoms with E-state index in [4.69, 9.17) is 14.6 Å². The Morgan fingerprint density at radius 3 is 2.68 bits per heavy atom. The summed E-state index contributed by atoms with van der Waals surface area (Å²) < 4.78 is 11.0. The molecular formula is C17H28NO4+. The monoisotopic (exact) mass is 310 g/mol. The van der Waals surface area contributed by atoms with Crippen molar-refractivity contribution in [2.75, 3.05) is 26.9 Å². The topological polar surface area (TPSA) is 75.5 Å². The Hall–Kier alpha value is -1.56. The van der Waals surface area contributed by atoms with Gasteiger partial charge in [0.15, 0.2) is 11.5 Å². The van der Waals surface area contributed by atoms with E-state index in [1.54, 1.807) is 7.11 Å². The van der Waals surface area contributed by atoms with Crippen LogP contribution in [0.3, 0.4) is 0 Å². The summed E-state index contributed by atoms with van der Waals surface area (Å²) >= 11 is 0. The second kappa shape index (κ2) is 10.2. The third kappa shape index (κ3) is 6.05. The molecule has 0 fully saturated rings. The summed E-state index contributed by atoms with van der Waals surface area (Å²) in [5, 5.41) is 21.0. The zero-order valence-electron chi connectivity index (χ0n) is 13.7. The molecule has 0 saturated heterocycles. The molecule has 2 atom stereocenters. The van der Waals surface area contributed by atoms with Gasteiger partial charge in [0.2, 0.25) is 0 Å². The van der Waals surface area contributed by atoms with E-state index in [9.17, 15) is 5.11 Å². The molecule has 0 aliphatic carbocycles. The van der Waals surface area contributed by atoms with Crippen molar-refractivity contribution in [2.24, 2.45) is 0 Å². The highest BCUT2D eigenvalue weighted by molar-refractivity contribution is 5.55.